The summed E-state index contributed by atoms with van der Waals surface area (Å²) in [5.41, 5.74) is 0. The molecule has 0 radical (unpaired) electrons. The maximum absolute atomic E-state index is 9.27. The van der Waals surface area contributed by atoms with Gasteiger partial charge in [0.25, 0.3) is 0 Å². The second kappa shape index (κ2) is 3.49. The van der Waals surface area contributed by atoms with E-state index >= 15 is 0 Å². The largest absolute Gasteiger partial charge is 0.388 e. The van der Waals surface area contributed by atoms with Crippen LogP contribution >= 0.6 is 0 Å². The highest BCUT2D eigenvalue weighted by Crippen LogP contribution is 2.17. The molecule has 0 aromatic carbocycles. The van der Waals surface area contributed by atoms with Gasteiger partial charge in [-0.2, -0.15) is 0 Å². The number of aliphatic hydroxyl groups excluding tert-OH is 3. The van der Waals surface area contributed by atoms with Crippen molar-refractivity contribution in [2.75, 3.05) is 6.61 Å². The molecule has 3 unspecified atom stereocenters. The Morgan fingerprint density at radius 1 is 1.27 bits per heavy atom. The predicted octanol–water partition coefficient (Wildman–Crippen LogP) is -1.12. The van der Waals surface area contributed by atoms with Gasteiger partial charge in [0, 0.05) is 0 Å². The van der Waals surface area contributed by atoms with E-state index in [-0.39, 0.29) is 12.7 Å². The molecule has 0 aromatic rings. The maximum Gasteiger partial charge on any atom is 0.111 e. The van der Waals surface area contributed by atoms with Crippen molar-refractivity contribution in [1.29, 1.82) is 0 Å². The lowest BCUT2D eigenvalue weighted by molar-refractivity contribution is -0.187. The van der Waals surface area contributed by atoms with E-state index in [0.29, 0.717) is 6.42 Å². The second-order valence-electron chi connectivity index (χ2n) is 2.83. The molecular weight excluding hydrogens is 148 g/mol. The van der Waals surface area contributed by atoms with Crippen LogP contribution in [-0.4, -0.2) is 46.3 Å². The van der Waals surface area contributed by atoms with E-state index in [2.05, 4.69) is 0 Å². The molecule has 0 aromatic heterocycles. The van der Waals surface area contributed by atoms with Crippen LogP contribution in [0.15, 0.2) is 0 Å². The van der Waals surface area contributed by atoms with E-state index in [1.165, 1.54) is 0 Å². The highest BCUT2D eigenvalue weighted by molar-refractivity contribution is 4.85. The molecule has 1 heterocycles. The van der Waals surface area contributed by atoms with Crippen molar-refractivity contribution in [3.8, 4) is 0 Å². The zero-order valence-corrected chi connectivity index (χ0v) is 6.47. The van der Waals surface area contributed by atoms with Crippen molar-refractivity contribution < 1.29 is 20.1 Å². The minimum atomic E-state index is -1.06. The zero-order chi connectivity index (χ0) is 8.43. The molecule has 0 bridgehead atoms. The highest BCUT2D eigenvalue weighted by atomic mass is 16.5. The fraction of sp³-hybridized carbons (Fsp3) is 1.00. The molecular formula is C7H14O4. The number of aliphatic hydroxyl groups is 3. The molecule has 3 N–H and O–H groups in total. The monoisotopic (exact) mass is 162 g/mol. The minimum Gasteiger partial charge on any atom is -0.388 e. The van der Waals surface area contributed by atoms with Gasteiger partial charge in [0.05, 0.1) is 12.7 Å². The van der Waals surface area contributed by atoms with Gasteiger partial charge in [0.15, 0.2) is 0 Å². The van der Waals surface area contributed by atoms with Gasteiger partial charge in [-0.25, -0.2) is 0 Å². The third-order valence-corrected chi connectivity index (χ3v) is 2.01. The molecule has 1 aliphatic heterocycles. The summed E-state index contributed by atoms with van der Waals surface area (Å²) >= 11 is 0. The fourth-order valence-electron chi connectivity index (χ4n) is 1.23. The van der Waals surface area contributed by atoms with Crippen molar-refractivity contribution in [3.05, 3.63) is 0 Å². The lowest BCUT2D eigenvalue weighted by atomic mass is 9.99. The van der Waals surface area contributed by atoms with Crippen molar-refractivity contribution in [1.82, 2.24) is 0 Å². The summed E-state index contributed by atoms with van der Waals surface area (Å²) in [4.78, 5) is 0. The fourth-order valence-corrected chi connectivity index (χ4v) is 1.23. The van der Waals surface area contributed by atoms with Crippen LogP contribution in [0.25, 0.3) is 0 Å². The number of ether oxygens (including phenoxy) is 1. The average molecular weight is 162 g/mol. The molecule has 0 amide bonds. The van der Waals surface area contributed by atoms with Crippen LogP contribution in [-0.2, 0) is 4.74 Å². The van der Waals surface area contributed by atoms with Gasteiger partial charge in [-0.1, -0.05) is 6.92 Å². The highest BCUT2D eigenvalue weighted by Gasteiger charge is 2.36. The Bertz CT molecular complexity index is 126. The van der Waals surface area contributed by atoms with E-state index in [1.807, 2.05) is 6.92 Å². The Morgan fingerprint density at radius 3 is 2.45 bits per heavy atom. The van der Waals surface area contributed by atoms with E-state index < -0.39 is 18.3 Å². The first kappa shape index (κ1) is 8.93. The van der Waals surface area contributed by atoms with E-state index in [0.717, 1.165) is 0 Å². The maximum atomic E-state index is 9.27. The van der Waals surface area contributed by atoms with Gasteiger partial charge in [-0.15, -0.1) is 0 Å². The molecule has 1 fully saturated rings. The minimum absolute atomic E-state index is 0.108. The van der Waals surface area contributed by atoms with Crippen molar-refractivity contribution in [2.24, 2.45) is 0 Å². The first-order valence-electron chi connectivity index (χ1n) is 3.82. The lowest BCUT2D eigenvalue weighted by Gasteiger charge is -2.34. The Balaban J connectivity index is 2.52. The van der Waals surface area contributed by atoms with E-state index in [9.17, 15) is 5.11 Å². The van der Waals surface area contributed by atoms with Gasteiger partial charge >= 0.3 is 0 Å². The van der Waals surface area contributed by atoms with Gasteiger partial charge in [-0.05, 0) is 6.42 Å². The molecule has 0 aliphatic carbocycles. The quantitative estimate of drug-likeness (QED) is 0.456. The van der Waals surface area contributed by atoms with Gasteiger partial charge < -0.3 is 20.1 Å². The van der Waals surface area contributed by atoms with Crippen molar-refractivity contribution in [3.63, 3.8) is 0 Å². The van der Waals surface area contributed by atoms with Gasteiger partial charge in [0.2, 0.25) is 0 Å². The molecule has 1 rings (SSSR count). The van der Waals surface area contributed by atoms with E-state index in [4.69, 9.17) is 14.9 Å². The molecule has 4 heteroatoms. The van der Waals surface area contributed by atoms with Gasteiger partial charge in [0.1, 0.15) is 18.3 Å². The molecule has 4 atom stereocenters. The first-order valence-corrected chi connectivity index (χ1v) is 3.82. The van der Waals surface area contributed by atoms with Crippen LogP contribution in [0.1, 0.15) is 13.3 Å². The topological polar surface area (TPSA) is 69.9 Å². The second-order valence-corrected chi connectivity index (χ2v) is 2.83. The molecule has 4 nitrogen and oxygen atoms in total. The van der Waals surface area contributed by atoms with E-state index in [1.54, 1.807) is 0 Å². The Hall–Kier alpha value is -0.160. The Labute approximate surface area is 65.4 Å². The van der Waals surface area contributed by atoms with Gasteiger partial charge in [-0.3, -0.25) is 0 Å². The SMILES string of the molecule is CCC1OCC(O)C(O)[C@H]1O. The summed E-state index contributed by atoms with van der Waals surface area (Å²) in [6.45, 7) is 1.97. The summed E-state index contributed by atoms with van der Waals surface area (Å²) in [5, 5.41) is 27.5. The van der Waals surface area contributed by atoms with Crippen LogP contribution < -0.4 is 0 Å². The van der Waals surface area contributed by atoms with Crippen LogP contribution in [0.2, 0.25) is 0 Å². The normalized spacial score (nSPS) is 45.8. The third-order valence-electron chi connectivity index (χ3n) is 2.01. The molecule has 1 saturated heterocycles. The average Bonchev–Trinajstić information content (AvgIpc) is 2.01. The van der Waals surface area contributed by atoms with Crippen LogP contribution in [0.5, 0.6) is 0 Å². The first-order chi connectivity index (χ1) is 5.16. The van der Waals surface area contributed by atoms with Crippen molar-refractivity contribution in [2.45, 2.75) is 37.8 Å². The number of rotatable bonds is 1. The van der Waals surface area contributed by atoms with Crippen LogP contribution in [0, 0.1) is 0 Å². The summed E-state index contributed by atoms with van der Waals surface area (Å²) in [6.07, 6.45) is -2.66. The Kier molecular flexibility index (Phi) is 2.84. The van der Waals surface area contributed by atoms with Crippen molar-refractivity contribution >= 4 is 0 Å². The zero-order valence-electron chi connectivity index (χ0n) is 6.47. The molecule has 0 spiro atoms. The molecule has 11 heavy (non-hydrogen) atoms. The van der Waals surface area contributed by atoms with Crippen LogP contribution in [0.3, 0.4) is 0 Å². The van der Waals surface area contributed by atoms with Crippen LogP contribution in [0.4, 0.5) is 0 Å². The smallest absolute Gasteiger partial charge is 0.111 e. The summed E-state index contributed by atoms with van der Waals surface area (Å²) < 4.78 is 5.06. The summed E-state index contributed by atoms with van der Waals surface area (Å²) in [7, 11) is 0. The summed E-state index contributed by atoms with van der Waals surface area (Å²) in [5.74, 6) is 0. The lowest BCUT2D eigenvalue weighted by Crippen LogP contribution is -2.52. The predicted molar refractivity (Wildman–Crippen MR) is 38.1 cm³/mol. The number of hydrogen-bond donors (Lipinski definition) is 3. The standard InChI is InChI=1S/C7H14O4/c1-2-5-7(10)6(9)4(8)3-11-5/h4-10H,2-3H2,1H3/t4?,5?,6?,7-/m0/s1. The number of hydrogen-bond acceptors (Lipinski definition) is 4. The summed E-state index contributed by atoms with van der Waals surface area (Å²) in [6, 6.07) is 0. The third kappa shape index (κ3) is 1.70. The molecule has 0 saturated carbocycles. The molecule has 1 aliphatic rings. The Morgan fingerprint density at radius 2 is 1.91 bits per heavy atom. The molecule has 66 valence electrons.